The summed E-state index contributed by atoms with van der Waals surface area (Å²) in [6.45, 7) is 0.578. The first-order valence-corrected chi connectivity index (χ1v) is 9.61. The number of thiazole rings is 1. The molecule has 0 aliphatic heterocycles. The first-order valence-electron chi connectivity index (χ1n) is 8.35. The lowest BCUT2D eigenvalue weighted by Gasteiger charge is -2.05. The highest BCUT2D eigenvalue weighted by atomic mass is 35.5. The molecule has 140 valence electrons. The molecule has 8 heteroatoms. The normalized spacial score (nSPS) is 10.4. The molecule has 2 N–H and O–H groups in total. The molecule has 27 heavy (non-hydrogen) atoms. The van der Waals surface area contributed by atoms with Crippen molar-refractivity contribution in [1.29, 1.82) is 0 Å². The zero-order valence-corrected chi connectivity index (χ0v) is 16.3. The third kappa shape index (κ3) is 5.94. The van der Waals surface area contributed by atoms with Gasteiger partial charge in [0.1, 0.15) is 11.6 Å². The number of halogens is 1. The predicted octanol–water partition coefficient (Wildman–Crippen LogP) is 3.85. The summed E-state index contributed by atoms with van der Waals surface area (Å²) in [5.74, 6) is 1.43. The summed E-state index contributed by atoms with van der Waals surface area (Å²) in [5, 5.41) is 9.14. The van der Waals surface area contributed by atoms with E-state index in [0.717, 1.165) is 23.4 Å². The van der Waals surface area contributed by atoms with Crippen LogP contribution >= 0.6 is 22.9 Å². The van der Waals surface area contributed by atoms with Crippen molar-refractivity contribution in [2.75, 3.05) is 19.0 Å². The van der Waals surface area contributed by atoms with Crippen molar-refractivity contribution in [3.63, 3.8) is 0 Å². The van der Waals surface area contributed by atoms with Crippen molar-refractivity contribution >= 4 is 39.8 Å². The molecule has 0 aliphatic carbocycles. The number of aromatic nitrogens is 2. The van der Waals surface area contributed by atoms with Crippen LogP contribution in [0.1, 0.15) is 11.3 Å². The molecule has 2 heterocycles. The second-order valence-electron chi connectivity index (χ2n) is 5.76. The lowest BCUT2D eigenvalue weighted by atomic mass is 10.1. The SMILES string of the molecule is COc1ccc(CCNC(=O)Cc2csc(Nc3ccc(Cl)cn3)n2)cc1. The Kier molecular flexibility index (Phi) is 6.62. The zero-order chi connectivity index (χ0) is 19.1. The molecule has 0 aliphatic rings. The number of anilines is 2. The van der Waals surface area contributed by atoms with E-state index in [9.17, 15) is 4.79 Å². The molecule has 2 aromatic heterocycles. The van der Waals surface area contributed by atoms with E-state index >= 15 is 0 Å². The Hall–Kier alpha value is -2.64. The number of pyridine rings is 1. The highest BCUT2D eigenvalue weighted by Crippen LogP contribution is 2.20. The van der Waals surface area contributed by atoms with Gasteiger partial charge in [-0.2, -0.15) is 0 Å². The standard InChI is InChI=1S/C19H19ClN4O2S/c1-26-16-5-2-13(3-6-16)8-9-21-18(25)10-15-12-27-19(23-15)24-17-7-4-14(20)11-22-17/h2-7,11-12H,8-10H2,1H3,(H,21,25)(H,22,23,24). The lowest BCUT2D eigenvalue weighted by Crippen LogP contribution is -2.27. The molecule has 3 aromatic rings. The maximum atomic E-state index is 12.1. The smallest absolute Gasteiger partial charge is 0.226 e. The fourth-order valence-electron chi connectivity index (χ4n) is 2.37. The highest BCUT2D eigenvalue weighted by molar-refractivity contribution is 7.13. The first kappa shape index (κ1) is 19.1. The number of nitrogens with one attached hydrogen (secondary N) is 2. The summed E-state index contributed by atoms with van der Waals surface area (Å²) in [6, 6.07) is 11.3. The van der Waals surface area contributed by atoms with E-state index in [-0.39, 0.29) is 12.3 Å². The second-order valence-corrected chi connectivity index (χ2v) is 7.05. The molecule has 0 radical (unpaired) electrons. The maximum Gasteiger partial charge on any atom is 0.226 e. The fraction of sp³-hybridized carbons (Fsp3) is 0.211. The van der Waals surface area contributed by atoms with Gasteiger partial charge >= 0.3 is 0 Å². The number of hydrogen-bond acceptors (Lipinski definition) is 6. The second kappa shape index (κ2) is 9.34. The highest BCUT2D eigenvalue weighted by Gasteiger charge is 2.08. The molecular weight excluding hydrogens is 384 g/mol. The summed E-state index contributed by atoms with van der Waals surface area (Å²) < 4.78 is 5.13. The van der Waals surface area contributed by atoms with Crippen molar-refractivity contribution < 1.29 is 9.53 Å². The van der Waals surface area contributed by atoms with Gasteiger partial charge in [-0.1, -0.05) is 23.7 Å². The van der Waals surface area contributed by atoms with Crippen LogP contribution in [-0.2, 0) is 17.6 Å². The van der Waals surface area contributed by atoms with Crippen molar-refractivity contribution in [3.05, 3.63) is 64.3 Å². The summed E-state index contributed by atoms with van der Waals surface area (Å²) >= 11 is 7.24. The van der Waals surface area contributed by atoms with Crippen molar-refractivity contribution in [2.45, 2.75) is 12.8 Å². The molecular formula is C19H19ClN4O2S. The molecule has 0 saturated heterocycles. The Morgan fingerprint density at radius 2 is 2.04 bits per heavy atom. The number of nitrogens with zero attached hydrogens (tertiary/aromatic N) is 2. The van der Waals surface area contributed by atoms with Crippen molar-refractivity contribution in [1.82, 2.24) is 15.3 Å². The van der Waals surface area contributed by atoms with Crippen molar-refractivity contribution in [3.8, 4) is 5.75 Å². The van der Waals surface area contributed by atoms with E-state index in [2.05, 4.69) is 20.6 Å². The molecule has 1 amide bonds. The number of hydrogen-bond donors (Lipinski definition) is 2. The van der Waals surface area contributed by atoms with Gasteiger partial charge < -0.3 is 15.4 Å². The third-order valence-electron chi connectivity index (χ3n) is 3.75. The summed E-state index contributed by atoms with van der Waals surface area (Å²) in [7, 11) is 1.64. The van der Waals surface area contributed by atoms with Gasteiger partial charge in [-0.15, -0.1) is 11.3 Å². The molecule has 0 saturated carbocycles. The van der Waals surface area contributed by atoms with E-state index in [0.29, 0.717) is 22.5 Å². The number of ether oxygens (including phenoxy) is 1. The average molecular weight is 403 g/mol. The number of rotatable bonds is 8. The molecule has 0 bridgehead atoms. The minimum absolute atomic E-state index is 0.0509. The molecule has 0 atom stereocenters. The van der Waals surface area contributed by atoms with E-state index in [1.54, 1.807) is 25.4 Å². The number of amides is 1. The Balaban J connectivity index is 1.43. The number of methoxy groups -OCH3 is 1. The Morgan fingerprint density at radius 3 is 2.74 bits per heavy atom. The minimum atomic E-state index is -0.0509. The van der Waals surface area contributed by atoms with Gasteiger partial charge in [-0.3, -0.25) is 4.79 Å². The number of carbonyl (C=O) groups excluding carboxylic acids is 1. The number of carbonyl (C=O) groups is 1. The third-order valence-corrected chi connectivity index (χ3v) is 4.78. The molecule has 6 nitrogen and oxygen atoms in total. The average Bonchev–Trinajstić information content (AvgIpc) is 3.11. The number of benzene rings is 1. The Labute approximate surface area is 166 Å². The Morgan fingerprint density at radius 1 is 1.22 bits per heavy atom. The fourth-order valence-corrected chi connectivity index (χ4v) is 3.20. The Bertz CT molecular complexity index is 881. The van der Waals surface area contributed by atoms with E-state index < -0.39 is 0 Å². The van der Waals surface area contributed by atoms with E-state index in [1.807, 2.05) is 29.6 Å². The molecule has 0 spiro atoms. The maximum absolute atomic E-state index is 12.1. The quantitative estimate of drug-likeness (QED) is 0.598. The summed E-state index contributed by atoms with van der Waals surface area (Å²) in [4.78, 5) is 20.7. The van der Waals surface area contributed by atoms with E-state index in [1.165, 1.54) is 11.3 Å². The van der Waals surface area contributed by atoms with Crippen LogP contribution in [0, 0.1) is 0 Å². The molecule has 1 aromatic carbocycles. The van der Waals surface area contributed by atoms with Gasteiger partial charge in [0.05, 0.1) is 24.2 Å². The van der Waals surface area contributed by atoms with Crippen LogP contribution in [0.4, 0.5) is 10.9 Å². The van der Waals surface area contributed by atoms with Crippen LogP contribution in [0.3, 0.4) is 0 Å². The van der Waals surface area contributed by atoms with Crippen molar-refractivity contribution in [2.24, 2.45) is 0 Å². The van der Waals surface area contributed by atoms with E-state index in [4.69, 9.17) is 16.3 Å². The zero-order valence-electron chi connectivity index (χ0n) is 14.7. The predicted molar refractivity (Wildman–Crippen MR) is 108 cm³/mol. The minimum Gasteiger partial charge on any atom is -0.497 e. The van der Waals surface area contributed by atoms with Gasteiger partial charge in [0.25, 0.3) is 0 Å². The van der Waals surface area contributed by atoms with Crippen LogP contribution in [0.15, 0.2) is 48.0 Å². The first-order chi connectivity index (χ1) is 13.1. The van der Waals surface area contributed by atoms with Crippen LogP contribution in [-0.4, -0.2) is 29.5 Å². The summed E-state index contributed by atoms with van der Waals surface area (Å²) in [5.41, 5.74) is 1.87. The topological polar surface area (TPSA) is 76.1 Å². The van der Waals surface area contributed by atoms with Crippen LogP contribution in [0.5, 0.6) is 5.75 Å². The van der Waals surface area contributed by atoms with Crippen LogP contribution < -0.4 is 15.4 Å². The monoisotopic (exact) mass is 402 g/mol. The molecule has 3 rings (SSSR count). The van der Waals surface area contributed by atoms with Gasteiger partial charge in [-0.25, -0.2) is 9.97 Å². The van der Waals surface area contributed by atoms with Gasteiger partial charge in [-0.05, 0) is 36.2 Å². The lowest BCUT2D eigenvalue weighted by molar-refractivity contribution is -0.120. The van der Waals surface area contributed by atoms with Gasteiger partial charge in [0.2, 0.25) is 5.91 Å². The summed E-state index contributed by atoms with van der Waals surface area (Å²) in [6.07, 6.45) is 2.57. The van der Waals surface area contributed by atoms with Crippen LogP contribution in [0.25, 0.3) is 0 Å². The molecule has 0 unspecified atom stereocenters. The van der Waals surface area contributed by atoms with Gasteiger partial charge in [0, 0.05) is 18.1 Å². The largest absolute Gasteiger partial charge is 0.497 e. The van der Waals surface area contributed by atoms with Gasteiger partial charge in [0.15, 0.2) is 5.13 Å². The van der Waals surface area contributed by atoms with Crippen LogP contribution in [0.2, 0.25) is 5.02 Å². The molecule has 0 fully saturated rings.